The summed E-state index contributed by atoms with van der Waals surface area (Å²) in [5.41, 5.74) is 0. The van der Waals surface area contributed by atoms with Crippen molar-refractivity contribution < 1.29 is 22.5 Å². The van der Waals surface area contributed by atoms with E-state index in [4.69, 9.17) is 0 Å². The Kier molecular flexibility index (Phi) is 0.793. The molecule has 2 aliphatic heterocycles. The zero-order valence-electron chi connectivity index (χ0n) is 5.35. The molecule has 2 bridgehead atoms. The van der Waals surface area contributed by atoms with E-state index in [1.807, 2.05) is 0 Å². The molecule has 12 heavy (non-hydrogen) atoms. The van der Waals surface area contributed by atoms with Crippen LogP contribution in [0, 0.1) is 6.08 Å². The predicted octanol–water partition coefficient (Wildman–Crippen LogP) is 0.887. The van der Waals surface area contributed by atoms with Crippen LogP contribution in [0.1, 0.15) is 0 Å². The van der Waals surface area contributed by atoms with E-state index >= 15 is 0 Å². The molecule has 2 aliphatic rings. The summed E-state index contributed by atoms with van der Waals surface area (Å²) in [5.74, 6) is -0.307. The quantitative estimate of drug-likeness (QED) is 0.446. The Morgan fingerprint density at radius 3 is 2.25 bits per heavy atom. The van der Waals surface area contributed by atoms with Gasteiger partial charge in [0.2, 0.25) is 0 Å². The smallest absolute Gasteiger partial charge is 0.374 e. The first-order valence-electron chi connectivity index (χ1n) is 2.93. The minimum atomic E-state index is -3.56. The molecule has 0 saturated carbocycles. The fourth-order valence-electron chi connectivity index (χ4n) is 0.967. The summed E-state index contributed by atoms with van der Waals surface area (Å²) in [6.45, 7) is 0. The molecular formula is C4FN2O4P. The van der Waals surface area contributed by atoms with E-state index in [-0.39, 0.29) is 17.5 Å². The first-order chi connectivity index (χ1) is 5.66. The maximum atomic E-state index is 12.4. The van der Waals surface area contributed by atoms with Crippen molar-refractivity contribution in [2.45, 2.75) is 0 Å². The van der Waals surface area contributed by atoms with Gasteiger partial charge in [-0.25, -0.2) is 0 Å². The average molecular weight is 190 g/mol. The Labute approximate surface area is 64.9 Å². The second kappa shape index (κ2) is 1.54. The van der Waals surface area contributed by atoms with E-state index in [1.165, 1.54) is 0 Å². The number of phosphoric acid groups is 1. The molecule has 62 valence electrons. The number of aromatic nitrogens is 2. The van der Waals surface area contributed by atoms with Crippen LogP contribution in [0.25, 0.3) is 0 Å². The molecule has 0 aromatic carbocycles. The van der Waals surface area contributed by atoms with Gasteiger partial charge in [-0.05, 0) is 0 Å². The van der Waals surface area contributed by atoms with Crippen LogP contribution < -0.4 is 13.6 Å². The second-order valence-electron chi connectivity index (χ2n) is 2.15. The predicted molar refractivity (Wildman–Crippen MR) is 31.5 cm³/mol. The van der Waals surface area contributed by atoms with Gasteiger partial charge in [-0.2, -0.15) is 18.9 Å². The van der Waals surface area contributed by atoms with Crippen LogP contribution in [0.2, 0.25) is 0 Å². The minimum Gasteiger partial charge on any atom is -0.374 e. The highest BCUT2D eigenvalue weighted by Crippen LogP contribution is 2.66. The maximum Gasteiger partial charge on any atom is 0.650 e. The lowest BCUT2D eigenvalue weighted by Crippen LogP contribution is -2.02. The molecule has 3 heterocycles. The van der Waals surface area contributed by atoms with Crippen molar-refractivity contribution in [3.05, 3.63) is 6.08 Å². The van der Waals surface area contributed by atoms with Crippen molar-refractivity contribution in [1.82, 2.24) is 9.97 Å². The highest BCUT2D eigenvalue weighted by Gasteiger charge is 2.52. The Bertz CT molecular complexity index is 404. The molecule has 0 amide bonds. The third kappa shape index (κ3) is 0.574. The van der Waals surface area contributed by atoms with Crippen LogP contribution in [0.4, 0.5) is 4.39 Å². The highest BCUT2D eigenvalue weighted by atomic mass is 31.2. The Morgan fingerprint density at radius 2 is 1.75 bits per heavy atom. The van der Waals surface area contributed by atoms with Crippen molar-refractivity contribution >= 4 is 7.82 Å². The van der Waals surface area contributed by atoms with Crippen molar-refractivity contribution in [2.24, 2.45) is 0 Å². The van der Waals surface area contributed by atoms with Crippen molar-refractivity contribution in [2.75, 3.05) is 0 Å². The van der Waals surface area contributed by atoms with Crippen LogP contribution in [0.15, 0.2) is 0 Å². The lowest BCUT2D eigenvalue weighted by Gasteiger charge is -2.06. The van der Waals surface area contributed by atoms with Gasteiger partial charge in [-0.3, -0.25) is 0 Å². The minimum absolute atomic E-state index is 0.0136. The Balaban J connectivity index is 2.36. The van der Waals surface area contributed by atoms with Gasteiger partial charge in [0, 0.05) is 0 Å². The molecule has 0 atom stereocenters. The fourth-order valence-corrected chi connectivity index (χ4v) is 2.13. The van der Waals surface area contributed by atoms with E-state index in [2.05, 4.69) is 23.5 Å². The molecule has 1 aromatic rings. The van der Waals surface area contributed by atoms with Gasteiger partial charge >= 0.3 is 13.9 Å². The Hall–Kier alpha value is -1.36. The first-order valence-corrected chi connectivity index (χ1v) is 4.39. The normalized spacial score (nSPS) is 19.8. The third-order valence-corrected chi connectivity index (χ3v) is 2.57. The number of rotatable bonds is 0. The Morgan fingerprint density at radius 1 is 1.17 bits per heavy atom. The van der Waals surface area contributed by atoms with Crippen molar-refractivity contribution in [3.63, 3.8) is 0 Å². The summed E-state index contributed by atoms with van der Waals surface area (Å²) in [6, 6.07) is 0. The van der Waals surface area contributed by atoms with E-state index < -0.39 is 13.9 Å². The van der Waals surface area contributed by atoms with Crippen LogP contribution >= 0.6 is 7.82 Å². The molecule has 0 saturated heterocycles. The zero-order valence-corrected chi connectivity index (χ0v) is 6.25. The molecule has 0 radical (unpaired) electrons. The van der Waals surface area contributed by atoms with Gasteiger partial charge in [-0.15, -0.1) is 0 Å². The molecule has 3 rings (SSSR count). The zero-order chi connectivity index (χ0) is 8.34. The number of hydrogen-bond donors (Lipinski definition) is 0. The lowest BCUT2D eigenvalue weighted by atomic mass is 10.5. The standard InChI is InChI=1S/C4FN2O4P/c5-4-6-2-1-3(7-4)11-12(8,9-1)10-2. The third-order valence-electron chi connectivity index (χ3n) is 1.38. The number of phosphoric ester groups is 1. The monoisotopic (exact) mass is 190 g/mol. The van der Waals surface area contributed by atoms with Gasteiger partial charge < -0.3 is 13.6 Å². The average Bonchev–Trinajstić information content (AvgIpc) is 2.37. The maximum absolute atomic E-state index is 12.4. The topological polar surface area (TPSA) is 70.5 Å². The van der Waals surface area contributed by atoms with Gasteiger partial charge in [0.25, 0.3) is 17.5 Å². The number of hydrogen-bond acceptors (Lipinski definition) is 6. The SMILES string of the molecule is O=P12Oc3nc(F)nc(c3O1)O2. The number of fused-ring (bicyclic) bond motifs is 1. The molecule has 0 aliphatic carbocycles. The highest BCUT2D eigenvalue weighted by molar-refractivity contribution is 7.50. The molecule has 8 heteroatoms. The van der Waals surface area contributed by atoms with Gasteiger partial charge in [-0.1, -0.05) is 0 Å². The van der Waals surface area contributed by atoms with Crippen LogP contribution in [-0.4, -0.2) is 9.97 Å². The second-order valence-corrected chi connectivity index (χ2v) is 3.60. The van der Waals surface area contributed by atoms with E-state index in [9.17, 15) is 8.96 Å². The molecule has 6 nitrogen and oxygen atoms in total. The molecule has 0 spiro atoms. The van der Waals surface area contributed by atoms with Crippen LogP contribution in [-0.2, 0) is 4.57 Å². The summed E-state index contributed by atoms with van der Waals surface area (Å²) < 4.78 is 37.4. The summed E-state index contributed by atoms with van der Waals surface area (Å²) in [4.78, 5) is 6.43. The summed E-state index contributed by atoms with van der Waals surface area (Å²) in [5, 5.41) is 0. The first kappa shape index (κ1) is 6.19. The lowest BCUT2D eigenvalue weighted by molar-refractivity contribution is 0.336. The van der Waals surface area contributed by atoms with Crippen LogP contribution in [0.3, 0.4) is 0 Å². The molecule has 0 fully saturated rings. The van der Waals surface area contributed by atoms with Crippen LogP contribution in [0.5, 0.6) is 17.5 Å². The molecular weight excluding hydrogens is 190 g/mol. The fraction of sp³-hybridized carbons (Fsp3) is 0. The number of halogens is 1. The van der Waals surface area contributed by atoms with Crippen molar-refractivity contribution in [1.29, 1.82) is 0 Å². The largest absolute Gasteiger partial charge is 0.650 e. The van der Waals surface area contributed by atoms with Gasteiger partial charge in [0.15, 0.2) is 0 Å². The van der Waals surface area contributed by atoms with Gasteiger partial charge in [0.05, 0.1) is 0 Å². The molecule has 0 N–H and O–H groups in total. The summed E-state index contributed by atoms with van der Waals surface area (Å²) in [6.07, 6.45) is -1.000. The summed E-state index contributed by atoms with van der Waals surface area (Å²) in [7, 11) is -3.56. The van der Waals surface area contributed by atoms with Crippen molar-refractivity contribution in [3.8, 4) is 17.5 Å². The van der Waals surface area contributed by atoms with Gasteiger partial charge in [0.1, 0.15) is 0 Å². The molecule has 0 unspecified atom stereocenters. The molecule has 1 aromatic heterocycles. The van der Waals surface area contributed by atoms with E-state index in [1.54, 1.807) is 0 Å². The van der Waals surface area contributed by atoms with E-state index in [0.717, 1.165) is 0 Å². The van der Waals surface area contributed by atoms with E-state index in [0.29, 0.717) is 0 Å². The number of nitrogens with zero attached hydrogens (tertiary/aromatic N) is 2. The summed E-state index contributed by atoms with van der Waals surface area (Å²) >= 11 is 0.